The minimum atomic E-state index is -0.685. The Hall–Kier alpha value is -3.52. The lowest BCUT2D eigenvalue weighted by Gasteiger charge is -2.32. The molecule has 2 aromatic carbocycles. The number of cyclic esters (lactones) is 1. The highest BCUT2D eigenvalue weighted by Crippen LogP contribution is 2.35. The van der Waals surface area contributed by atoms with E-state index in [1.807, 2.05) is 12.1 Å². The largest absolute Gasteiger partial charge is 0.497 e. The fourth-order valence-electron chi connectivity index (χ4n) is 3.56. The molecule has 1 unspecified atom stereocenters. The molecule has 8 nitrogen and oxygen atoms in total. The molecular formula is C22H20ClN3O5. The molecule has 1 atom stereocenters. The third-order valence-corrected chi connectivity index (χ3v) is 5.37. The summed E-state index contributed by atoms with van der Waals surface area (Å²) < 4.78 is 10.3. The number of carbonyl (C=O) groups excluding carboxylic acids is 3. The van der Waals surface area contributed by atoms with Gasteiger partial charge in [0.1, 0.15) is 18.9 Å². The van der Waals surface area contributed by atoms with Crippen LogP contribution in [0.1, 0.15) is 17.2 Å². The zero-order valence-electron chi connectivity index (χ0n) is 16.7. The van der Waals surface area contributed by atoms with E-state index in [-0.39, 0.29) is 19.1 Å². The predicted octanol–water partition coefficient (Wildman–Crippen LogP) is 2.54. The zero-order chi connectivity index (χ0) is 22.0. The summed E-state index contributed by atoms with van der Waals surface area (Å²) in [6.45, 7) is -0.00506. The van der Waals surface area contributed by atoms with Gasteiger partial charge in [-0.3, -0.25) is 9.69 Å². The van der Waals surface area contributed by atoms with Gasteiger partial charge in [-0.2, -0.15) is 0 Å². The number of urea groups is 1. The van der Waals surface area contributed by atoms with Gasteiger partial charge in [0.05, 0.1) is 24.4 Å². The van der Waals surface area contributed by atoms with Crippen molar-refractivity contribution in [1.82, 2.24) is 15.5 Å². The van der Waals surface area contributed by atoms with Gasteiger partial charge in [-0.25, -0.2) is 9.59 Å². The second-order valence-corrected chi connectivity index (χ2v) is 7.52. The van der Waals surface area contributed by atoms with Crippen molar-refractivity contribution in [2.24, 2.45) is 0 Å². The minimum absolute atomic E-state index is 0.0651. The van der Waals surface area contributed by atoms with Gasteiger partial charge in [0.2, 0.25) is 5.91 Å². The maximum Gasteiger partial charge on any atom is 0.338 e. The summed E-state index contributed by atoms with van der Waals surface area (Å²) in [7, 11) is 1.58. The first-order valence-electron chi connectivity index (χ1n) is 9.59. The lowest BCUT2D eigenvalue weighted by atomic mass is 9.96. The van der Waals surface area contributed by atoms with Gasteiger partial charge in [0.25, 0.3) is 0 Å². The number of carbonyl (C=O) groups is 3. The van der Waals surface area contributed by atoms with Crippen molar-refractivity contribution >= 4 is 29.5 Å². The highest BCUT2D eigenvalue weighted by atomic mass is 35.5. The molecule has 0 saturated carbocycles. The predicted molar refractivity (Wildman–Crippen MR) is 112 cm³/mol. The molecule has 2 aromatic rings. The molecular weight excluding hydrogens is 422 g/mol. The zero-order valence-corrected chi connectivity index (χ0v) is 17.4. The van der Waals surface area contributed by atoms with E-state index in [4.69, 9.17) is 21.1 Å². The van der Waals surface area contributed by atoms with Crippen molar-refractivity contribution in [3.63, 3.8) is 0 Å². The molecule has 0 aliphatic carbocycles. The van der Waals surface area contributed by atoms with Crippen LogP contribution in [-0.2, 0) is 20.9 Å². The van der Waals surface area contributed by atoms with Crippen molar-refractivity contribution in [3.05, 3.63) is 76.0 Å². The number of amides is 3. The van der Waals surface area contributed by atoms with Gasteiger partial charge in [0, 0.05) is 11.6 Å². The Morgan fingerprint density at radius 1 is 1.26 bits per heavy atom. The molecule has 2 heterocycles. The van der Waals surface area contributed by atoms with E-state index in [9.17, 15) is 14.4 Å². The molecule has 0 fully saturated rings. The monoisotopic (exact) mass is 441 g/mol. The Morgan fingerprint density at radius 3 is 2.74 bits per heavy atom. The lowest BCUT2D eigenvalue weighted by Crippen LogP contribution is -2.50. The topological polar surface area (TPSA) is 97.0 Å². The van der Waals surface area contributed by atoms with Crippen molar-refractivity contribution in [1.29, 1.82) is 0 Å². The van der Waals surface area contributed by atoms with Gasteiger partial charge < -0.3 is 20.1 Å². The van der Waals surface area contributed by atoms with Crippen LogP contribution >= 0.6 is 11.6 Å². The summed E-state index contributed by atoms with van der Waals surface area (Å²) in [6.07, 6.45) is 0. The molecule has 0 radical (unpaired) electrons. The van der Waals surface area contributed by atoms with Gasteiger partial charge in [-0.05, 0) is 35.4 Å². The van der Waals surface area contributed by atoms with Gasteiger partial charge in [-0.1, -0.05) is 35.9 Å². The molecule has 0 bridgehead atoms. The second-order valence-electron chi connectivity index (χ2n) is 7.08. The van der Waals surface area contributed by atoms with Crippen LogP contribution < -0.4 is 15.4 Å². The molecule has 160 valence electrons. The molecule has 0 saturated heterocycles. The van der Waals surface area contributed by atoms with E-state index < -0.39 is 18.0 Å². The summed E-state index contributed by atoms with van der Waals surface area (Å²) >= 11 is 6.06. The minimum Gasteiger partial charge on any atom is -0.497 e. The van der Waals surface area contributed by atoms with Crippen LogP contribution in [0.4, 0.5) is 4.79 Å². The number of esters is 1. The van der Waals surface area contributed by atoms with E-state index in [1.165, 1.54) is 4.90 Å². The fraction of sp³-hybridized carbons (Fsp3) is 0.227. The number of nitrogens with one attached hydrogen (secondary N) is 2. The van der Waals surface area contributed by atoms with Gasteiger partial charge in [0.15, 0.2) is 0 Å². The number of halogens is 1. The first-order chi connectivity index (χ1) is 15.0. The number of nitrogens with zero attached hydrogens (tertiary/aromatic N) is 1. The van der Waals surface area contributed by atoms with Crippen LogP contribution in [0, 0.1) is 0 Å². The Morgan fingerprint density at radius 2 is 2.03 bits per heavy atom. The van der Waals surface area contributed by atoms with E-state index in [1.54, 1.807) is 43.5 Å². The maximum absolute atomic E-state index is 12.8. The summed E-state index contributed by atoms with van der Waals surface area (Å²) in [4.78, 5) is 38.9. The number of hydrogen-bond acceptors (Lipinski definition) is 5. The summed E-state index contributed by atoms with van der Waals surface area (Å²) in [6, 6.07) is 13.0. The van der Waals surface area contributed by atoms with Crippen molar-refractivity contribution in [2.45, 2.75) is 12.6 Å². The SMILES string of the molecule is COc1ccc(CNC(=O)CN2C(=O)NC(c3cccc(Cl)c3)C3=C2COC3=O)cc1. The fourth-order valence-corrected chi connectivity index (χ4v) is 3.76. The van der Waals surface area contributed by atoms with Crippen LogP contribution in [0.3, 0.4) is 0 Å². The molecule has 9 heteroatoms. The molecule has 2 N–H and O–H groups in total. The van der Waals surface area contributed by atoms with Crippen LogP contribution in [0.25, 0.3) is 0 Å². The smallest absolute Gasteiger partial charge is 0.338 e. The number of rotatable bonds is 6. The molecule has 3 amide bonds. The number of benzene rings is 2. The molecule has 4 rings (SSSR count). The summed E-state index contributed by atoms with van der Waals surface area (Å²) in [5, 5.41) is 6.04. The number of ether oxygens (including phenoxy) is 2. The third kappa shape index (κ3) is 4.34. The third-order valence-electron chi connectivity index (χ3n) is 5.13. The Labute approximate surface area is 183 Å². The first kappa shape index (κ1) is 20.7. The highest BCUT2D eigenvalue weighted by Gasteiger charge is 2.42. The van der Waals surface area contributed by atoms with Crippen LogP contribution in [0.15, 0.2) is 59.8 Å². The summed E-state index contributed by atoms with van der Waals surface area (Å²) in [5.41, 5.74) is 2.25. The Kier molecular flexibility index (Phi) is 5.81. The van der Waals surface area contributed by atoms with Crippen molar-refractivity contribution in [2.75, 3.05) is 20.3 Å². The van der Waals surface area contributed by atoms with Crippen molar-refractivity contribution < 1.29 is 23.9 Å². The Bertz CT molecular complexity index is 1070. The number of methoxy groups -OCH3 is 1. The first-order valence-corrected chi connectivity index (χ1v) is 9.97. The van der Waals surface area contributed by atoms with E-state index in [0.717, 1.165) is 11.3 Å². The summed E-state index contributed by atoms with van der Waals surface area (Å²) in [5.74, 6) is -0.165. The maximum atomic E-state index is 12.8. The molecule has 2 aliphatic heterocycles. The van der Waals surface area contributed by atoms with E-state index in [2.05, 4.69) is 10.6 Å². The quantitative estimate of drug-likeness (QED) is 0.671. The standard InChI is InChI=1S/C22H20ClN3O5/c1-30-16-7-5-13(6-8-16)10-24-18(27)11-26-17-12-31-21(28)19(17)20(25-22(26)29)14-3-2-4-15(23)9-14/h2-9,20H,10-12H2,1H3,(H,24,27)(H,25,29). The molecule has 31 heavy (non-hydrogen) atoms. The normalized spacial score (nSPS) is 17.7. The molecule has 0 aromatic heterocycles. The van der Waals surface area contributed by atoms with Crippen molar-refractivity contribution in [3.8, 4) is 5.75 Å². The average molecular weight is 442 g/mol. The molecule has 0 spiro atoms. The van der Waals surface area contributed by atoms with Crippen LogP contribution in [0.2, 0.25) is 5.02 Å². The Balaban J connectivity index is 1.49. The highest BCUT2D eigenvalue weighted by molar-refractivity contribution is 6.30. The van der Waals surface area contributed by atoms with Gasteiger partial charge >= 0.3 is 12.0 Å². The van der Waals surface area contributed by atoms with E-state index >= 15 is 0 Å². The lowest BCUT2D eigenvalue weighted by molar-refractivity contribution is -0.136. The number of hydrogen-bond donors (Lipinski definition) is 2. The average Bonchev–Trinajstić information content (AvgIpc) is 3.16. The molecule has 2 aliphatic rings. The second kappa shape index (κ2) is 8.69. The van der Waals surface area contributed by atoms with Gasteiger partial charge in [-0.15, -0.1) is 0 Å². The van der Waals surface area contributed by atoms with Crippen LogP contribution in [-0.4, -0.2) is 43.1 Å². The van der Waals surface area contributed by atoms with E-state index in [0.29, 0.717) is 28.4 Å². The van der Waals surface area contributed by atoms with Crippen LogP contribution in [0.5, 0.6) is 5.75 Å².